The number of benzene rings is 8. The molecule has 3 heteroatoms. The van der Waals surface area contributed by atoms with Crippen LogP contribution in [0.3, 0.4) is 0 Å². The van der Waals surface area contributed by atoms with E-state index in [1.807, 2.05) is 48.5 Å². The van der Waals surface area contributed by atoms with Gasteiger partial charge in [0.25, 0.3) is 0 Å². The maximum absolute atomic E-state index is 6.35. The molecule has 0 unspecified atom stereocenters. The highest BCUT2D eigenvalue weighted by atomic mass is 16.3. The second-order valence-electron chi connectivity index (χ2n) is 13.0. The normalized spacial score (nSPS) is 11.5. The first kappa shape index (κ1) is 29.1. The summed E-state index contributed by atoms with van der Waals surface area (Å²) in [5, 5.41) is 6.85. The summed E-state index contributed by atoms with van der Waals surface area (Å²) in [7, 11) is 0. The van der Waals surface area contributed by atoms with Gasteiger partial charge in [0.1, 0.15) is 22.3 Å². The molecule has 8 aromatic carbocycles. The summed E-state index contributed by atoms with van der Waals surface area (Å²) in [4.78, 5) is 3.60. The minimum absolute atomic E-state index is 0.831. The maximum Gasteiger partial charge on any atom is 0.139 e. The van der Waals surface area contributed by atoms with Gasteiger partial charge in [-0.25, -0.2) is 0 Å². The van der Waals surface area contributed by atoms with E-state index < -0.39 is 0 Å². The van der Waals surface area contributed by atoms with Crippen LogP contribution in [-0.4, -0.2) is 4.98 Å². The Kier molecular flexibility index (Phi) is 6.81. The van der Waals surface area contributed by atoms with Gasteiger partial charge in [-0.05, 0) is 88.0 Å². The molecule has 0 saturated carbocycles. The van der Waals surface area contributed by atoms with E-state index in [2.05, 4.69) is 138 Å². The molecule has 3 aromatic heterocycles. The van der Waals surface area contributed by atoms with Crippen molar-refractivity contribution in [2.75, 3.05) is 0 Å². The summed E-state index contributed by atoms with van der Waals surface area (Å²) in [5.41, 5.74) is 12.8. The van der Waals surface area contributed by atoms with E-state index in [0.717, 1.165) is 60.5 Å². The molecular weight excluding hydrogens is 623 g/mol. The molecule has 1 N–H and O–H groups in total. The van der Waals surface area contributed by atoms with Gasteiger partial charge >= 0.3 is 0 Å². The lowest BCUT2D eigenvalue weighted by Crippen LogP contribution is -1.79. The number of rotatable bonds is 3. The Morgan fingerprint density at radius 3 is 1.06 bits per heavy atom. The molecule has 0 aliphatic heterocycles. The van der Waals surface area contributed by atoms with Crippen molar-refractivity contribution in [3.8, 4) is 33.4 Å². The van der Waals surface area contributed by atoms with Crippen molar-refractivity contribution in [3.63, 3.8) is 0 Å². The van der Waals surface area contributed by atoms with E-state index in [9.17, 15) is 0 Å². The van der Waals surface area contributed by atoms with Crippen molar-refractivity contribution in [2.24, 2.45) is 0 Å². The molecule has 3 heterocycles. The molecule has 51 heavy (non-hydrogen) atoms. The van der Waals surface area contributed by atoms with Crippen molar-refractivity contribution >= 4 is 65.7 Å². The third-order valence-corrected chi connectivity index (χ3v) is 9.87. The SMILES string of the molecule is c1ccc(-c2ccc3[nH]c4ccc(-c5ccc6oc7cc8oc9ccc(-c%10ccccc%10)cc9c8cc7c6c5)cc4c3c2)cc1.c1ccccc1. The van der Waals surface area contributed by atoms with Crippen LogP contribution in [0.15, 0.2) is 191 Å². The Hall–Kier alpha value is -6.84. The Morgan fingerprint density at radius 2 is 0.608 bits per heavy atom. The number of furan rings is 2. The summed E-state index contributed by atoms with van der Waals surface area (Å²) in [5.74, 6) is 0. The lowest BCUT2D eigenvalue weighted by Gasteiger charge is -2.04. The zero-order valence-electron chi connectivity index (χ0n) is 27.6. The van der Waals surface area contributed by atoms with Crippen LogP contribution >= 0.6 is 0 Å². The van der Waals surface area contributed by atoms with Crippen LogP contribution < -0.4 is 0 Å². The fraction of sp³-hybridized carbons (Fsp3) is 0. The minimum atomic E-state index is 0.831. The highest BCUT2D eigenvalue weighted by Crippen LogP contribution is 2.40. The highest BCUT2D eigenvalue weighted by molar-refractivity contribution is 6.16. The fourth-order valence-corrected chi connectivity index (χ4v) is 7.31. The summed E-state index contributed by atoms with van der Waals surface area (Å²) < 4.78 is 12.6. The predicted molar refractivity (Wildman–Crippen MR) is 213 cm³/mol. The quantitative estimate of drug-likeness (QED) is 0.206. The van der Waals surface area contributed by atoms with Crippen molar-refractivity contribution in [2.45, 2.75) is 0 Å². The second kappa shape index (κ2) is 11.9. The van der Waals surface area contributed by atoms with Gasteiger partial charge in [-0.1, -0.05) is 121 Å². The topological polar surface area (TPSA) is 42.1 Å². The summed E-state index contributed by atoms with van der Waals surface area (Å²) in [6, 6.07) is 63.6. The van der Waals surface area contributed by atoms with Gasteiger partial charge in [-0.3, -0.25) is 0 Å². The standard InChI is InChI=1S/C42H25NO2.C6H6/c1-3-7-25(8-4-1)27-11-15-37-31(19-27)32-20-29(12-16-38(32)43-37)30-14-18-40-34(22-30)36-23-35-33-21-28(26-9-5-2-6-10-26)13-17-39(33)44-41(35)24-42(36)45-40;1-2-4-6-5-3-1/h1-24,43H;1-6H. The van der Waals surface area contributed by atoms with Crippen LogP contribution in [0.1, 0.15) is 0 Å². The van der Waals surface area contributed by atoms with Crippen molar-refractivity contribution < 1.29 is 8.83 Å². The third kappa shape index (κ3) is 5.15. The molecule has 0 radical (unpaired) electrons. The number of aromatic nitrogens is 1. The molecule has 0 bridgehead atoms. The summed E-state index contributed by atoms with van der Waals surface area (Å²) in [6.45, 7) is 0. The molecule has 0 fully saturated rings. The Bertz CT molecular complexity index is 2980. The first-order valence-corrected chi connectivity index (χ1v) is 17.2. The van der Waals surface area contributed by atoms with Crippen LogP contribution in [0.5, 0.6) is 0 Å². The zero-order chi connectivity index (χ0) is 33.7. The molecule has 0 amide bonds. The number of hydrogen-bond acceptors (Lipinski definition) is 2. The molecule has 3 nitrogen and oxygen atoms in total. The van der Waals surface area contributed by atoms with Crippen molar-refractivity contribution in [3.05, 3.63) is 182 Å². The van der Waals surface area contributed by atoms with Crippen LogP contribution in [-0.2, 0) is 0 Å². The van der Waals surface area contributed by atoms with Crippen LogP contribution in [0.25, 0.3) is 99.1 Å². The Morgan fingerprint density at radius 1 is 0.255 bits per heavy atom. The second-order valence-corrected chi connectivity index (χ2v) is 13.0. The van der Waals surface area contributed by atoms with Crippen molar-refractivity contribution in [1.29, 1.82) is 0 Å². The largest absolute Gasteiger partial charge is 0.456 e. The van der Waals surface area contributed by atoms with E-state index in [1.165, 1.54) is 38.6 Å². The molecule has 240 valence electrons. The van der Waals surface area contributed by atoms with E-state index in [4.69, 9.17) is 8.83 Å². The summed E-state index contributed by atoms with van der Waals surface area (Å²) >= 11 is 0. The average Bonchev–Trinajstić information content (AvgIpc) is 3.88. The number of nitrogens with one attached hydrogen (secondary N) is 1. The van der Waals surface area contributed by atoms with Gasteiger partial charge in [0.05, 0.1) is 0 Å². The number of H-pyrrole nitrogens is 1. The molecule has 0 saturated heterocycles. The van der Waals surface area contributed by atoms with Gasteiger partial charge in [0.2, 0.25) is 0 Å². The Labute approximate surface area is 294 Å². The van der Waals surface area contributed by atoms with E-state index in [0.29, 0.717) is 0 Å². The van der Waals surface area contributed by atoms with Gasteiger partial charge in [-0.2, -0.15) is 0 Å². The van der Waals surface area contributed by atoms with Gasteiger partial charge in [0.15, 0.2) is 0 Å². The van der Waals surface area contributed by atoms with E-state index in [-0.39, 0.29) is 0 Å². The maximum atomic E-state index is 6.35. The molecule has 0 aliphatic carbocycles. The Balaban J connectivity index is 0.000000498. The zero-order valence-corrected chi connectivity index (χ0v) is 27.6. The molecular formula is C48H31NO2. The van der Waals surface area contributed by atoms with Crippen LogP contribution in [0.4, 0.5) is 0 Å². The van der Waals surface area contributed by atoms with Gasteiger partial charge in [-0.15, -0.1) is 0 Å². The first-order chi connectivity index (χ1) is 25.2. The lowest BCUT2D eigenvalue weighted by atomic mass is 9.99. The monoisotopic (exact) mass is 653 g/mol. The lowest BCUT2D eigenvalue weighted by molar-refractivity contribution is 0.656. The van der Waals surface area contributed by atoms with Crippen LogP contribution in [0, 0.1) is 0 Å². The van der Waals surface area contributed by atoms with Crippen molar-refractivity contribution in [1.82, 2.24) is 4.98 Å². The number of fused-ring (bicyclic) bond motifs is 9. The molecule has 11 rings (SSSR count). The fourth-order valence-electron chi connectivity index (χ4n) is 7.31. The number of hydrogen-bond donors (Lipinski definition) is 1. The highest BCUT2D eigenvalue weighted by Gasteiger charge is 2.16. The van der Waals surface area contributed by atoms with Crippen LogP contribution in [0.2, 0.25) is 0 Å². The first-order valence-electron chi connectivity index (χ1n) is 17.2. The van der Waals surface area contributed by atoms with Gasteiger partial charge < -0.3 is 13.8 Å². The number of aromatic amines is 1. The summed E-state index contributed by atoms with van der Waals surface area (Å²) in [6.07, 6.45) is 0. The van der Waals surface area contributed by atoms with E-state index >= 15 is 0 Å². The smallest absolute Gasteiger partial charge is 0.139 e. The average molecular weight is 654 g/mol. The van der Waals surface area contributed by atoms with E-state index in [1.54, 1.807) is 0 Å². The van der Waals surface area contributed by atoms with Gasteiger partial charge in [0, 0.05) is 49.4 Å². The molecule has 0 aliphatic rings. The minimum Gasteiger partial charge on any atom is -0.456 e. The molecule has 0 atom stereocenters. The molecule has 11 aromatic rings. The molecule has 0 spiro atoms. The third-order valence-electron chi connectivity index (χ3n) is 9.87. The predicted octanol–water partition coefficient (Wildman–Crippen LogP) is 13.8.